The van der Waals surface area contributed by atoms with Crippen molar-refractivity contribution in [2.45, 2.75) is 6.18 Å². The Morgan fingerprint density at radius 2 is 2.00 bits per heavy atom. The van der Waals surface area contributed by atoms with E-state index in [0.29, 0.717) is 19.0 Å². The second-order valence-corrected chi connectivity index (χ2v) is 5.30. The molecule has 0 saturated heterocycles. The number of anilines is 2. The average Bonchev–Trinajstić information content (AvgIpc) is 2.56. The molecule has 6 nitrogen and oxygen atoms in total. The number of carbonyl (C=O) groups excluding carboxylic acids is 1. The molecule has 0 spiro atoms. The number of aromatic nitrogens is 2. The lowest BCUT2D eigenvalue weighted by molar-refractivity contribution is -0.136. The molecule has 10 heteroatoms. The molecule has 0 saturated carbocycles. The van der Waals surface area contributed by atoms with E-state index in [2.05, 4.69) is 20.8 Å². The van der Waals surface area contributed by atoms with Gasteiger partial charge in [-0.05, 0) is 30.3 Å². The number of hydrogen-bond donors (Lipinski definition) is 2. The summed E-state index contributed by atoms with van der Waals surface area (Å²) >= 11 is 5.60. The number of benzene rings is 1. The highest BCUT2D eigenvalue weighted by molar-refractivity contribution is 6.30. The SMILES string of the molecule is COCCNc1ccc(C(=O)Nc2ccc(Cl)cc2C(F)(F)F)nn1. The van der Waals surface area contributed by atoms with E-state index in [-0.39, 0.29) is 10.7 Å². The van der Waals surface area contributed by atoms with Crippen LogP contribution in [0.2, 0.25) is 5.02 Å². The molecule has 1 aromatic heterocycles. The molecule has 0 atom stereocenters. The zero-order valence-corrected chi connectivity index (χ0v) is 13.8. The van der Waals surface area contributed by atoms with Crippen molar-refractivity contribution in [3.63, 3.8) is 0 Å². The molecule has 0 aliphatic rings. The van der Waals surface area contributed by atoms with Gasteiger partial charge in [-0.25, -0.2) is 0 Å². The summed E-state index contributed by atoms with van der Waals surface area (Å²) < 4.78 is 43.9. The molecule has 0 bridgehead atoms. The summed E-state index contributed by atoms with van der Waals surface area (Å²) in [5, 5.41) is 12.5. The zero-order chi connectivity index (χ0) is 18.4. The van der Waals surface area contributed by atoms with Crippen LogP contribution in [-0.2, 0) is 10.9 Å². The molecular weight excluding hydrogens is 361 g/mol. The van der Waals surface area contributed by atoms with Crippen molar-refractivity contribution >= 4 is 29.0 Å². The van der Waals surface area contributed by atoms with Crippen molar-refractivity contribution in [1.82, 2.24) is 10.2 Å². The van der Waals surface area contributed by atoms with Gasteiger partial charge in [0.1, 0.15) is 5.82 Å². The predicted octanol–water partition coefficient (Wildman–Crippen LogP) is 3.46. The minimum absolute atomic E-state index is 0.0865. The molecule has 1 aromatic carbocycles. The largest absolute Gasteiger partial charge is 0.418 e. The van der Waals surface area contributed by atoms with Crippen LogP contribution in [0, 0.1) is 0 Å². The van der Waals surface area contributed by atoms with Crippen molar-refractivity contribution in [3.8, 4) is 0 Å². The molecule has 0 fully saturated rings. The van der Waals surface area contributed by atoms with Crippen molar-refractivity contribution < 1.29 is 22.7 Å². The first-order valence-corrected chi connectivity index (χ1v) is 7.43. The normalized spacial score (nSPS) is 11.2. The van der Waals surface area contributed by atoms with Crippen LogP contribution in [0.15, 0.2) is 30.3 Å². The summed E-state index contributed by atoms with van der Waals surface area (Å²) in [5.74, 6) is -0.403. The van der Waals surface area contributed by atoms with Gasteiger partial charge >= 0.3 is 6.18 Å². The van der Waals surface area contributed by atoms with Crippen LogP contribution in [-0.4, -0.2) is 36.4 Å². The van der Waals surface area contributed by atoms with Crippen molar-refractivity contribution in [2.75, 3.05) is 30.9 Å². The van der Waals surface area contributed by atoms with Gasteiger partial charge in [0.05, 0.1) is 17.9 Å². The fourth-order valence-electron chi connectivity index (χ4n) is 1.88. The van der Waals surface area contributed by atoms with E-state index in [4.69, 9.17) is 16.3 Å². The van der Waals surface area contributed by atoms with E-state index in [1.54, 1.807) is 7.11 Å². The zero-order valence-electron chi connectivity index (χ0n) is 13.0. The lowest BCUT2D eigenvalue weighted by atomic mass is 10.1. The number of nitrogens with one attached hydrogen (secondary N) is 2. The first-order chi connectivity index (χ1) is 11.8. The monoisotopic (exact) mass is 374 g/mol. The number of alkyl halides is 3. The lowest BCUT2D eigenvalue weighted by Crippen LogP contribution is -2.18. The minimum Gasteiger partial charge on any atom is -0.383 e. The lowest BCUT2D eigenvalue weighted by Gasteiger charge is -2.14. The Balaban J connectivity index is 2.12. The van der Waals surface area contributed by atoms with E-state index in [0.717, 1.165) is 12.1 Å². The third-order valence-electron chi connectivity index (χ3n) is 3.04. The van der Waals surface area contributed by atoms with Crippen LogP contribution in [0.4, 0.5) is 24.7 Å². The van der Waals surface area contributed by atoms with Crippen molar-refractivity contribution in [2.24, 2.45) is 0 Å². The van der Waals surface area contributed by atoms with Crippen LogP contribution in [0.25, 0.3) is 0 Å². The Bertz CT molecular complexity index is 739. The molecule has 1 heterocycles. The minimum atomic E-state index is -4.66. The van der Waals surface area contributed by atoms with Crippen LogP contribution in [0.5, 0.6) is 0 Å². The molecule has 2 aromatic rings. The number of amides is 1. The molecule has 134 valence electrons. The molecule has 0 aliphatic carbocycles. The highest BCUT2D eigenvalue weighted by Gasteiger charge is 2.34. The third kappa shape index (κ3) is 5.30. The van der Waals surface area contributed by atoms with Crippen LogP contribution >= 0.6 is 11.6 Å². The van der Waals surface area contributed by atoms with Gasteiger partial charge in [-0.15, -0.1) is 10.2 Å². The Morgan fingerprint density at radius 3 is 2.60 bits per heavy atom. The summed E-state index contributed by atoms with van der Waals surface area (Å²) in [7, 11) is 1.55. The fraction of sp³-hybridized carbons (Fsp3) is 0.267. The second kappa shape index (κ2) is 8.13. The molecule has 2 rings (SSSR count). The standard InChI is InChI=1S/C15H14ClF3N4O2/c1-25-7-6-20-13-5-4-12(22-23-13)14(24)21-11-3-2-9(16)8-10(11)15(17,18)19/h2-5,8H,6-7H2,1H3,(H,20,23)(H,21,24). The summed E-state index contributed by atoms with van der Waals surface area (Å²) in [6.45, 7) is 0.955. The second-order valence-electron chi connectivity index (χ2n) is 4.87. The molecule has 0 unspecified atom stereocenters. The van der Waals surface area contributed by atoms with E-state index in [9.17, 15) is 18.0 Å². The summed E-state index contributed by atoms with van der Waals surface area (Å²) in [4.78, 5) is 12.1. The number of halogens is 4. The van der Waals surface area contributed by atoms with Crippen molar-refractivity contribution in [1.29, 1.82) is 0 Å². The van der Waals surface area contributed by atoms with Gasteiger partial charge in [0, 0.05) is 18.7 Å². The molecule has 25 heavy (non-hydrogen) atoms. The number of methoxy groups -OCH3 is 1. The van der Waals surface area contributed by atoms with E-state index in [1.807, 2.05) is 0 Å². The van der Waals surface area contributed by atoms with Gasteiger partial charge in [0.15, 0.2) is 5.69 Å². The fourth-order valence-corrected chi connectivity index (χ4v) is 2.05. The quantitative estimate of drug-likeness (QED) is 0.757. The topological polar surface area (TPSA) is 76.1 Å². The van der Waals surface area contributed by atoms with Gasteiger partial charge in [-0.1, -0.05) is 11.6 Å². The smallest absolute Gasteiger partial charge is 0.383 e. The molecule has 1 amide bonds. The van der Waals surface area contributed by atoms with Gasteiger partial charge in [0.2, 0.25) is 0 Å². The summed E-state index contributed by atoms with van der Waals surface area (Å²) in [5.41, 5.74) is -1.58. The van der Waals surface area contributed by atoms with Gasteiger partial charge in [-0.2, -0.15) is 13.2 Å². The van der Waals surface area contributed by atoms with Crippen LogP contribution in [0.3, 0.4) is 0 Å². The summed E-state index contributed by atoms with van der Waals surface area (Å²) in [6, 6.07) is 5.91. The van der Waals surface area contributed by atoms with Crippen molar-refractivity contribution in [3.05, 3.63) is 46.6 Å². The maximum absolute atomic E-state index is 13.0. The molecular formula is C15H14ClF3N4O2. The van der Waals surface area contributed by atoms with Gasteiger partial charge in [0.25, 0.3) is 5.91 Å². The predicted molar refractivity (Wildman–Crippen MR) is 86.8 cm³/mol. The summed E-state index contributed by atoms with van der Waals surface area (Å²) in [6.07, 6.45) is -4.66. The first-order valence-electron chi connectivity index (χ1n) is 7.06. The molecule has 0 radical (unpaired) electrons. The Hall–Kier alpha value is -2.39. The number of rotatable bonds is 6. The van der Waals surface area contributed by atoms with Crippen LogP contribution < -0.4 is 10.6 Å². The number of hydrogen-bond acceptors (Lipinski definition) is 5. The number of nitrogens with zero attached hydrogens (tertiary/aromatic N) is 2. The van der Waals surface area contributed by atoms with E-state index in [1.165, 1.54) is 18.2 Å². The van der Waals surface area contributed by atoms with E-state index >= 15 is 0 Å². The average molecular weight is 375 g/mol. The molecule has 0 aliphatic heterocycles. The maximum atomic E-state index is 13.0. The first kappa shape index (κ1) is 18.9. The Kier molecular flexibility index (Phi) is 6.16. The Morgan fingerprint density at radius 1 is 1.24 bits per heavy atom. The molecule has 2 N–H and O–H groups in total. The highest BCUT2D eigenvalue weighted by atomic mass is 35.5. The van der Waals surface area contributed by atoms with E-state index < -0.39 is 23.3 Å². The highest BCUT2D eigenvalue weighted by Crippen LogP contribution is 2.36. The maximum Gasteiger partial charge on any atom is 0.418 e. The third-order valence-corrected chi connectivity index (χ3v) is 3.28. The van der Waals surface area contributed by atoms with Gasteiger partial charge in [-0.3, -0.25) is 4.79 Å². The Labute approximate surface area is 146 Å². The van der Waals surface area contributed by atoms with Crippen LogP contribution in [0.1, 0.15) is 16.1 Å². The number of carbonyl (C=O) groups is 1. The number of ether oxygens (including phenoxy) is 1. The van der Waals surface area contributed by atoms with Gasteiger partial charge < -0.3 is 15.4 Å².